The third kappa shape index (κ3) is 4.71. The van der Waals surface area contributed by atoms with E-state index in [-0.39, 0.29) is 23.7 Å². The average Bonchev–Trinajstić information content (AvgIpc) is 3.29. The normalized spacial score (nSPS) is 17.9. The standard InChI is InChI=1S/C20H26N4O2S/c1-3-5-9-14(4-2)18(26)21-20-23-22-19(27-20)15-12-17(25)24(13-15)16-10-7-6-8-11-16/h6-8,10-11,14-15H,3-5,9,12-13H2,1-2H3,(H,21,23,26). The van der Waals surface area contributed by atoms with Crippen LogP contribution < -0.4 is 10.2 Å². The predicted molar refractivity (Wildman–Crippen MR) is 108 cm³/mol. The van der Waals surface area contributed by atoms with Crippen LogP contribution in [0, 0.1) is 5.92 Å². The molecule has 0 radical (unpaired) electrons. The fraction of sp³-hybridized carbons (Fsp3) is 0.500. The number of aromatic nitrogens is 2. The summed E-state index contributed by atoms with van der Waals surface area (Å²) in [4.78, 5) is 26.6. The van der Waals surface area contributed by atoms with Gasteiger partial charge in [0.15, 0.2) is 0 Å². The zero-order chi connectivity index (χ0) is 19.2. The van der Waals surface area contributed by atoms with Crippen LogP contribution in [0.4, 0.5) is 10.8 Å². The molecule has 1 saturated heterocycles. The van der Waals surface area contributed by atoms with E-state index in [1.807, 2.05) is 37.3 Å². The molecule has 1 aromatic carbocycles. The second kappa shape index (κ2) is 9.08. The minimum Gasteiger partial charge on any atom is -0.312 e. The summed E-state index contributed by atoms with van der Waals surface area (Å²) in [5.41, 5.74) is 0.907. The molecule has 1 N–H and O–H groups in total. The first kappa shape index (κ1) is 19.5. The zero-order valence-electron chi connectivity index (χ0n) is 15.9. The van der Waals surface area contributed by atoms with Gasteiger partial charge in [-0.3, -0.25) is 9.59 Å². The number of hydrogen-bond donors (Lipinski definition) is 1. The number of carbonyl (C=O) groups excluding carboxylic acids is 2. The number of amides is 2. The van der Waals surface area contributed by atoms with E-state index in [0.717, 1.165) is 36.4 Å². The van der Waals surface area contributed by atoms with Crippen molar-refractivity contribution in [3.05, 3.63) is 35.3 Å². The van der Waals surface area contributed by atoms with E-state index in [2.05, 4.69) is 22.4 Å². The van der Waals surface area contributed by atoms with Crippen molar-refractivity contribution < 1.29 is 9.59 Å². The summed E-state index contributed by atoms with van der Waals surface area (Å²) in [5.74, 6) is 0.140. The van der Waals surface area contributed by atoms with E-state index in [9.17, 15) is 9.59 Å². The summed E-state index contributed by atoms with van der Waals surface area (Å²) < 4.78 is 0. The molecular weight excluding hydrogens is 360 g/mol. The zero-order valence-corrected chi connectivity index (χ0v) is 16.7. The number of rotatable bonds is 8. The number of anilines is 2. The van der Waals surface area contributed by atoms with Crippen LogP contribution in [0.5, 0.6) is 0 Å². The minimum absolute atomic E-state index is 0.0129. The van der Waals surface area contributed by atoms with Crippen molar-refractivity contribution in [1.29, 1.82) is 0 Å². The van der Waals surface area contributed by atoms with Gasteiger partial charge in [-0.1, -0.05) is 56.2 Å². The van der Waals surface area contributed by atoms with Crippen LogP contribution in [0.2, 0.25) is 0 Å². The summed E-state index contributed by atoms with van der Waals surface area (Å²) in [6.07, 6.45) is 4.27. The van der Waals surface area contributed by atoms with Crippen LogP contribution >= 0.6 is 11.3 Å². The Morgan fingerprint density at radius 2 is 2.07 bits per heavy atom. The van der Waals surface area contributed by atoms with Gasteiger partial charge in [0.2, 0.25) is 16.9 Å². The quantitative estimate of drug-likeness (QED) is 0.737. The molecule has 2 heterocycles. The van der Waals surface area contributed by atoms with E-state index in [0.29, 0.717) is 18.1 Å². The molecule has 0 aliphatic carbocycles. The molecule has 7 heteroatoms. The average molecular weight is 387 g/mol. The molecular formula is C20H26N4O2S. The molecule has 0 saturated carbocycles. The lowest BCUT2D eigenvalue weighted by molar-refractivity contribution is -0.120. The maximum absolute atomic E-state index is 12.4. The summed E-state index contributed by atoms with van der Waals surface area (Å²) in [5, 5.41) is 12.6. The molecule has 1 fully saturated rings. The second-order valence-corrected chi connectivity index (χ2v) is 7.93. The molecule has 27 heavy (non-hydrogen) atoms. The van der Waals surface area contributed by atoms with Gasteiger partial charge in [-0.25, -0.2) is 0 Å². The molecule has 1 aromatic heterocycles. The maximum atomic E-state index is 12.4. The van der Waals surface area contributed by atoms with Crippen molar-refractivity contribution in [3.63, 3.8) is 0 Å². The van der Waals surface area contributed by atoms with Crippen molar-refractivity contribution >= 4 is 34.0 Å². The Hall–Kier alpha value is -2.28. The largest absolute Gasteiger partial charge is 0.312 e. The SMILES string of the molecule is CCCCC(CC)C(=O)Nc1nnc(C2CC(=O)N(c3ccccc3)C2)s1. The van der Waals surface area contributed by atoms with E-state index >= 15 is 0 Å². The molecule has 2 unspecified atom stereocenters. The highest BCUT2D eigenvalue weighted by atomic mass is 32.1. The Kier molecular flexibility index (Phi) is 6.55. The number of benzene rings is 1. The summed E-state index contributed by atoms with van der Waals surface area (Å²) >= 11 is 1.38. The molecule has 144 valence electrons. The van der Waals surface area contributed by atoms with Crippen molar-refractivity contribution in [1.82, 2.24) is 10.2 Å². The highest BCUT2D eigenvalue weighted by Crippen LogP contribution is 2.34. The highest BCUT2D eigenvalue weighted by molar-refractivity contribution is 7.15. The Labute approximate surface area is 164 Å². The monoisotopic (exact) mass is 386 g/mol. The Bertz CT molecular complexity index is 777. The molecule has 2 amide bonds. The molecule has 0 bridgehead atoms. The van der Waals surface area contributed by atoms with Gasteiger partial charge >= 0.3 is 0 Å². The lowest BCUT2D eigenvalue weighted by atomic mass is 9.99. The molecule has 1 aliphatic rings. The van der Waals surface area contributed by atoms with E-state index in [1.165, 1.54) is 11.3 Å². The smallest absolute Gasteiger partial charge is 0.229 e. The minimum atomic E-state index is 0.0129. The third-order valence-electron chi connectivity index (χ3n) is 4.98. The van der Waals surface area contributed by atoms with Crippen molar-refractivity contribution in [2.24, 2.45) is 5.92 Å². The summed E-state index contributed by atoms with van der Waals surface area (Å²) in [6.45, 7) is 4.76. The number of carbonyl (C=O) groups is 2. The molecule has 3 rings (SSSR count). The first-order valence-corrected chi connectivity index (χ1v) is 10.4. The van der Waals surface area contributed by atoms with E-state index in [4.69, 9.17) is 0 Å². The fourth-order valence-corrected chi connectivity index (χ4v) is 4.20. The first-order chi connectivity index (χ1) is 13.1. The van der Waals surface area contributed by atoms with Gasteiger partial charge in [-0.2, -0.15) is 0 Å². The van der Waals surface area contributed by atoms with Crippen LogP contribution in [-0.4, -0.2) is 28.6 Å². The van der Waals surface area contributed by atoms with Gasteiger partial charge in [-0.15, -0.1) is 10.2 Å². The van der Waals surface area contributed by atoms with Crippen LogP contribution in [0.1, 0.15) is 56.9 Å². The summed E-state index contributed by atoms with van der Waals surface area (Å²) in [6, 6.07) is 9.67. The van der Waals surface area contributed by atoms with Gasteiger partial charge in [0.05, 0.1) is 0 Å². The van der Waals surface area contributed by atoms with Crippen molar-refractivity contribution in [2.45, 2.75) is 51.9 Å². The van der Waals surface area contributed by atoms with Crippen molar-refractivity contribution in [3.8, 4) is 0 Å². The Morgan fingerprint density at radius 3 is 2.78 bits per heavy atom. The van der Waals surface area contributed by atoms with Crippen LogP contribution in [0.15, 0.2) is 30.3 Å². The number of hydrogen-bond acceptors (Lipinski definition) is 5. The molecule has 0 spiro atoms. The number of unbranched alkanes of at least 4 members (excludes halogenated alkanes) is 1. The third-order valence-corrected chi connectivity index (χ3v) is 5.98. The number of para-hydroxylation sites is 1. The topological polar surface area (TPSA) is 75.2 Å². The van der Waals surface area contributed by atoms with Crippen LogP contribution in [-0.2, 0) is 9.59 Å². The van der Waals surface area contributed by atoms with Gasteiger partial charge in [0, 0.05) is 30.5 Å². The van der Waals surface area contributed by atoms with Crippen molar-refractivity contribution in [2.75, 3.05) is 16.8 Å². The maximum Gasteiger partial charge on any atom is 0.229 e. The Balaban J connectivity index is 1.62. The summed E-state index contributed by atoms with van der Waals surface area (Å²) in [7, 11) is 0. The van der Waals surface area contributed by atoms with Crippen LogP contribution in [0.3, 0.4) is 0 Å². The second-order valence-electron chi connectivity index (χ2n) is 6.92. The molecule has 1 aliphatic heterocycles. The molecule has 6 nitrogen and oxygen atoms in total. The van der Waals surface area contributed by atoms with E-state index < -0.39 is 0 Å². The molecule has 2 atom stereocenters. The first-order valence-electron chi connectivity index (χ1n) is 9.62. The number of nitrogens with one attached hydrogen (secondary N) is 1. The fourth-order valence-electron chi connectivity index (χ4n) is 3.36. The van der Waals surface area contributed by atoms with E-state index in [1.54, 1.807) is 4.90 Å². The van der Waals surface area contributed by atoms with Gasteiger partial charge in [0.25, 0.3) is 0 Å². The predicted octanol–water partition coefficient (Wildman–Crippen LogP) is 4.21. The molecule has 2 aromatic rings. The highest BCUT2D eigenvalue weighted by Gasteiger charge is 2.34. The Morgan fingerprint density at radius 1 is 1.30 bits per heavy atom. The van der Waals surface area contributed by atoms with Gasteiger partial charge in [-0.05, 0) is 25.0 Å². The van der Waals surface area contributed by atoms with Crippen LogP contribution in [0.25, 0.3) is 0 Å². The van der Waals surface area contributed by atoms with Gasteiger partial charge < -0.3 is 10.2 Å². The van der Waals surface area contributed by atoms with Gasteiger partial charge in [0.1, 0.15) is 5.01 Å². The number of nitrogens with zero attached hydrogens (tertiary/aromatic N) is 3. The lowest BCUT2D eigenvalue weighted by Gasteiger charge is -2.15. The lowest BCUT2D eigenvalue weighted by Crippen LogP contribution is -2.24.